The lowest BCUT2D eigenvalue weighted by atomic mass is 9.93. The van der Waals surface area contributed by atoms with Crippen LogP contribution in [-0.4, -0.2) is 5.78 Å². The first kappa shape index (κ1) is 13.6. The molecular weight excluding hydrogens is 255 g/mol. The topological polar surface area (TPSA) is 34.1 Å². The van der Waals surface area contributed by atoms with Crippen molar-refractivity contribution in [1.29, 1.82) is 0 Å². The van der Waals surface area contributed by atoms with Gasteiger partial charge >= 0.3 is 0 Å². The highest BCUT2D eigenvalue weighted by Crippen LogP contribution is 2.21. The summed E-state index contributed by atoms with van der Waals surface area (Å²) in [5.41, 5.74) is 4.23. The molecule has 2 aromatic carbocycles. The van der Waals surface area contributed by atoms with Gasteiger partial charge in [0.05, 0.1) is 5.30 Å². The van der Waals surface area contributed by atoms with Gasteiger partial charge in [0, 0.05) is 11.1 Å². The van der Waals surface area contributed by atoms with Crippen molar-refractivity contribution < 1.29 is 9.36 Å². The molecule has 0 saturated carbocycles. The highest BCUT2D eigenvalue weighted by molar-refractivity contribution is 7.34. The van der Waals surface area contributed by atoms with Gasteiger partial charge in [0.1, 0.15) is 0 Å². The molecular formula is C16H15O2P. The van der Waals surface area contributed by atoms with Crippen molar-refractivity contribution in [2.45, 2.75) is 20.8 Å². The highest BCUT2D eigenvalue weighted by atomic mass is 31.1. The molecule has 2 aromatic rings. The number of carbonyl (C=O) groups is 1. The summed E-state index contributed by atoms with van der Waals surface area (Å²) in [6, 6.07) is 10.9. The molecule has 0 radical (unpaired) electrons. The van der Waals surface area contributed by atoms with Crippen molar-refractivity contribution >= 4 is 19.5 Å². The van der Waals surface area contributed by atoms with Crippen molar-refractivity contribution in [3.8, 4) is 0 Å². The van der Waals surface area contributed by atoms with Gasteiger partial charge in [0.2, 0.25) is 0 Å². The Hall–Kier alpha value is -1.79. The minimum absolute atomic E-state index is 0.0699. The molecule has 2 rings (SSSR count). The number of hydrogen-bond acceptors (Lipinski definition) is 2. The van der Waals surface area contributed by atoms with Gasteiger partial charge in [-0.1, -0.05) is 30.3 Å². The maximum atomic E-state index is 12.6. The van der Waals surface area contributed by atoms with E-state index < -0.39 is 0 Å². The van der Waals surface area contributed by atoms with Crippen LogP contribution in [-0.2, 0) is 4.57 Å². The Morgan fingerprint density at radius 1 is 1.00 bits per heavy atom. The summed E-state index contributed by atoms with van der Waals surface area (Å²) in [4.78, 5) is 12.6. The monoisotopic (exact) mass is 270 g/mol. The highest BCUT2D eigenvalue weighted by Gasteiger charge is 2.19. The van der Waals surface area contributed by atoms with Crippen LogP contribution in [0, 0.1) is 20.8 Å². The van der Waals surface area contributed by atoms with E-state index in [2.05, 4.69) is 0 Å². The zero-order valence-corrected chi connectivity index (χ0v) is 12.1. The lowest BCUT2D eigenvalue weighted by Gasteiger charge is -2.12. The van der Waals surface area contributed by atoms with Gasteiger partial charge in [-0.25, -0.2) is 0 Å². The molecule has 0 atom stereocenters. The fraction of sp³-hybridized carbons (Fsp3) is 0.188. The van der Waals surface area contributed by atoms with Gasteiger partial charge in [-0.2, -0.15) is 0 Å². The molecule has 0 aliphatic rings. The number of benzene rings is 2. The molecule has 0 fully saturated rings. The van der Waals surface area contributed by atoms with E-state index in [4.69, 9.17) is 0 Å². The number of rotatable bonds is 3. The minimum atomic E-state index is -0.115. The second kappa shape index (κ2) is 5.46. The van der Waals surface area contributed by atoms with E-state index >= 15 is 0 Å². The van der Waals surface area contributed by atoms with E-state index in [1.165, 1.54) is 0 Å². The number of hydrogen-bond donors (Lipinski definition) is 0. The fourth-order valence-corrected chi connectivity index (χ4v) is 2.76. The Morgan fingerprint density at radius 2 is 1.63 bits per heavy atom. The number of ketones is 1. The maximum absolute atomic E-state index is 12.6. The standard InChI is InChI=1S/C16H15O2P/c1-10-9-14(19-18)15(12(3)11(10)2)16(17)13-7-5-4-6-8-13/h4-9H,1-3H3. The van der Waals surface area contributed by atoms with Crippen LogP contribution in [0.3, 0.4) is 0 Å². The van der Waals surface area contributed by atoms with E-state index in [1.807, 2.05) is 45.0 Å². The second-order valence-electron chi connectivity index (χ2n) is 4.62. The summed E-state index contributed by atoms with van der Waals surface area (Å²) >= 11 is 0. The minimum Gasteiger partial charge on any atom is -0.289 e. The van der Waals surface area contributed by atoms with E-state index in [1.54, 1.807) is 12.1 Å². The first-order valence-corrected chi connectivity index (χ1v) is 6.91. The molecule has 0 aliphatic heterocycles. The molecule has 19 heavy (non-hydrogen) atoms. The third kappa shape index (κ3) is 2.50. The van der Waals surface area contributed by atoms with Crippen LogP contribution in [0.4, 0.5) is 0 Å². The van der Waals surface area contributed by atoms with Crippen LogP contribution < -0.4 is 5.30 Å². The SMILES string of the molecule is Cc1cc(P=O)c(C(=O)c2ccccc2)c(C)c1C. The fourth-order valence-electron chi connectivity index (χ4n) is 2.15. The Bertz CT molecular complexity index is 646. The number of aryl methyl sites for hydroxylation is 1. The predicted molar refractivity (Wildman–Crippen MR) is 77.8 cm³/mol. The maximum Gasteiger partial charge on any atom is 0.194 e. The summed E-state index contributed by atoms with van der Waals surface area (Å²) in [6.45, 7) is 5.86. The summed E-state index contributed by atoms with van der Waals surface area (Å²) in [7, 11) is -0.115. The molecule has 0 amide bonds. The largest absolute Gasteiger partial charge is 0.289 e. The van der Waals surface area contributed by atoms with E-state index in [0.717, 1.165) is 16.7 Å². The smallest absolute Gasteiger partial charge is 0.194 e. The van der Waals surface area contributed by atoms with Crippen LogP contribution in [0.1, 0.15) is 32.6 Å². The summed E-state index contributed by atoms with van der Waals surface area (Å²) in [6.07, 6.45) is 0. The molecule has 0 unspecified atom stereocenters. The van der Waals surface area contributed by atoms with Gasteiger partial charge in [-0.05, 0) is 43.5 Å². The average molecular weight is 270 g/mol. The van der Waals surface area contributed by atoms with Crippen molar-refractivity contribution in [3.63, 3.8) is 0 Å². The first-order chi connectivity index (χ1) is 9.06. The van der Waals surface area contributed by atoms with E-state index in [-0.39, 0.29) is 14.2 Å². The van der Waals surface area contributed by atoms with Crippen molar-refractivity contribution in [2.24, 2.45) is 0 Å². The summed E-state index contributed by atoms with van der Waals surface area (Å²) < 4.78 is 11.3. The van der Waals surface area contributed by atoms with Crippen LogP contribution in [0.15, 0.2) is 36.4 Å². The molecule has 0 saturated heterocycles. The molecule has 0 aliphatic carbocycles. The first-order valence-electron chi connectivity index (χ1n) is 6.10. The predicted octanol–water partition coefficient (Wildman–Crippen LogP) is 3.76. The van der Waals surface area contributed by atoms with E-state index in [9.17, 15) is 9.36 Å². The molecule has 2 nitrogen and oxygen atoms in total. The van der Waals surface area contributed by atoms with Gasteiger partial charge < -0.3 is 0 Å². The van der Waals surface area contributed by atoms with Gasteiger partial charge in [-0.15, -0.1) is 0 Å². The third-order valence-corrected chi connectivity index (χ3v) is 4.05. The van der Waals surface area contributed by atoms with Crippen LogP contribution in [0.2, 0.25) is 0 Å². The van der Waals surface area contributed by atoms with E-state index in [0.29, 0.717) is 16.4 Å². The van der Waals surface area contributed by atoms with Crippen LogP contribution in [0.5, 0.6) is 0 Å². The third-order valence-electron chi connectivity index (χ3n) is 3.50. The zero-order valence-electron chi connectivity index (χ0n) is 11.2. The average Bonchev–Trinajstić information content (AvgIpc) is 2.44. The summed E-state index contributed by atoms with van der Waals surface area (Å²) in [5.74, 6) is -0.0699. The van der Waals surface area contributed by atoms with Gasteiger partial charge in [0.15, 0.2) is 14.2 Å². The lowest BCUT2D eigenvalue weighted by molar-refractivity contribution is 0.103. The molecule has 0 heterocycles. The van der Waals surface area contributed by atoms with Crippen LogP contribution in [0.25, 0.3) is 0 Å². The van der Waals surface area contributed by atoms with Gasteiger partial charge in [0.25, 0.3) is 0 Å². The van der Waals surface area contributed by atoms with Gasteiger partial charge in [-0.3, -0.25) is 9.36 Å². The Labute approximate surface area is 114 Å². The Kier molecular flexibility index (Phi) is 3.92. The second-order valence-corrected chi connectivity index (χ2v) is 5.29. The molecule has 0 N–H and O–H groups in total. The Morgan fingerprint density at radius 3 is 2.21 bits per heavy atom. The van der Waals surface area contributed by atoms with Crippen LogP contribution >= 0.6 is 8.46 Å². The number of carbonyl (C=O) groups excluding carboxylic acids is 1. The molecule has 3 heteroatoms. The molecule has 96 valence electrons. The van der Waals surface area contributed by atoms with Crippen molar-refractivity contribution in [3.05, 3.63) is 64.2 Å². The molecule has 0 aromatic heterocycles. The molecule has 0 bridgehead atoms. The Balaban J connectivity index is 2.66. The zero-order chi connectivity index (χ0) is 14.0. The van der Waals surface area contributed by atoms with Crippen molar-refractivity contribution in [2.75, 3.05) is 0 Å². The molecule has 0 spiro atoms. The van der Waals surface area contributed by atoms with Crippen molar-refractivity contribution in [1.82, 2.24) is 0 Å². The quantitative estimate of drug-likeness (QED) is 0.628. The lowest BCUT2D eigenvalue weighted by Crippen LogP contribution is -2.16. The normalized spacial score (nSPS) is 10.7. The summed E-state index contributed by atoms with van der Waals surface area (Å²) in [5, 5.41) is 0.564.